The number of nitrogen functional groups attached to an aromatic ring is 1. The molecule has 4 atom stereocenters. The molecule has 1 saturated heterocycles. The van der Waals surface area contributed by atoms with Gasteiger partial charge in [-0.25, -0.2) is 4.99 Å². The van der Waals surface area contributed by atoms with Crippen molar-refractivity contribution < 1.29 is 23.7 Å². The van der Waals surface area contributed by atoms with E-state index in [0.29, 0.717) is 54.6 Å². The van der Waals surface area contributed by atoms with Gasteiger partial charge in [0.2, 0.25) is 0 Å². The van der Waals surface area contributed by atoms with E-state index in [4.69, 9.17) is 42.0 Å². The van der Waals surface area contributed by atoms with Gasteiger partial charge in [-0.15, -0.1) is 0 Å². The quantitative estimate of drug-likeness (QED) is 0.0674. The molecule has 0 radical (unpaired) electrons. The molecule has 254 valence electrons. The van der Waals surface area contributed by atoms with Gasteiger partial charge < -0.3 is 30.4 Å². The maximum atomic E-state index is 13.1. The molecule has 0 aliphatic carbocycles. The molecule has 4 unspecified atom stereocenters. The highest BCUT2D eigenvalue weighted by atomic mass is 35.5. The van der Waals surface area contributed by atoms with Crippen LogP contribution in [0.3, 0.4) is 0 Å². The van der Waals surface area contributed by atoms with E-state index in [2.05, 4.69) is 4.99 Å². The van der Waals surface area contributed by atoms with Crippen molar-refractivity contribution in [2.75, 3.05) is 19.5 Å². The minimum Gasteiger partial charge on any atom is -0.468 e. The fourth-order valence-corrected chi connectivity index (χ4v) is 5.82. The summed E-state index contributed by atoms with van der Waals surface area (Å²) >= 11 is 6.70. The van der Waals surface area contributed by atoms with Crippen molar-refractivity contribution in [3.8, 4) is 0 Å². The second-order valence-corrected chi connectivity index (χ2v) is 11.9. The number of ether oxygens (including phenoxy) is 4. The van der Waals surface area contributed by atoms with Crippen LogP contribution >= 0.6 is 11.6 Å². The van der Waals surface area contributed by atoms with Gasteiger partial charge in [-0.2, -0.15) is 0 Å². The van der Waals surface area contributed by atoms with Crippen LogP contribution < -0.4 is 11.5 Å². The zero-order valence-corrected chi connectivity index (χ0v) is 28.9. The van der Waals surface area contributed by atoms with Crippen LogP contribution in [-0.2, 0) is 37.0 Å². The summed E-state index contributed by atoms with van der Waals surface area (Å²) in [5.74, 6) is -1.63. The topological polar surface area (TPSA) is 118 Å². The molecular weight excluding hydrogens is 626 g/mol. The van der Waals surface area contributed by atoms with E-state index < -0.39 is 11.9 Å². The lowest BCUT2D eigenvalue weighted by molar-refractivity contribution is -0.142. The van der Waals surface area contributed by atoms with Crippen LogP contribution in [0.1, 0.15) is 66.5 Å². The SMILES string of the molecule is CC.COC(=O)C(C(N)=Nc1ccc(C)cc1N)c1cc(C2CC(OCc3ccccc3)CC(COCc3ccccc3)O2)ccc1Cl. The fraction of sp³-hybridized carbons (Fsp3) is 0.333. The summed E-state index contributed by atoms with van der Waals surface area (Å²) in [6.45, 7) is 7.30. The normalized spacial score (nSPS) is 18.4. The molecule has 1 aliphatic rings. The van der Waals surface area contributed by atoms with E-state index in [0.717, 1.165) is 22.3 Å². The molecule has 0 saturated carbocycles. The van der Waals surface area contributed by atoms with Crippen LogP contribution in [0.15, 0.2) is 102 Å². The molecule has 0 bridgehead atoms. The molecule has 1 fully saturated rings. The Balaban J connectivity index is 0.00000255. The number of benzene rings is 4. The van der Waals surface area contributed by atoms with Crippen molar-refractivity contribution >= 4 is 34.8 Å². The van der Waals surface area contributed by atoms with Crippen LogP contribution in [0.2, 0.25) is 5.02 Å². The second kappa shape index (κ2) is 18.4. The summed E-state index contributed by atoms with van der Waals surface area (Å²) in [5.41, 5.74) is 18.0. The van der Waals surface area contributed by atoms with Crippen molar-refractivity contribution in [2.24, 2.45) is 10.7 Å². The van der Waals surface area contributed by atoms with Gasteiger partial charge in [-0.05, 0) is 52.9 Å². The molecular formula is C39H46ClN3O5. The summed E-state index contributed by atoms with van der Waals surface area (Å²) in [6, 6.07) is 31.0. The molecule has 0 aromatic heterocycles. The van der Waals surface area contributed by atoms with Crippen LogP contribution in [0.25, 0.3) is 0 Å². The molecule has 1 heterocycles. The first-order valence-electron chi connectivity index (χ1n) is 16.3. The number of aliphatic imine (C=N–C) groups is 1. The third-order valence-electron chi connectivity index (χ3n) is 7.97. The van der Waals surface area contributed by atoms with Gasteiger partial charge >= 0.3 is 5.97 Å². The first kappa shape index (κ1) is 36.6. The summed E-state index contributed by atoms with van der Waals surface area (Å²) in [6.07, 6.45) is 0.641. The Morgan fingerprint density at radius 1 is 0.938 bits per heavy atom. The zero-order valence-electron chi connectivity index (χ0n) is 28.1. The molecule has 8 nitrogen and oxygen atoms in total. The summed E-state index contributed by atoms with van der Waals surface area (Å²) in [4.78, 5) is 17.6. The number of carbonyl (C=O) groups is 1. The lowest BCUT2D eigenvalue weighted by Gasteiger charge is -2.36. The van der Waals surface area contributed by atoms with E-state index >= 15 is 0 Å². The molecule has 48 heavy (non-hydrogen) atoms. The second-order valence-electron chi connectivity index (χ2n) is 11.5. The predicted molar refractivity (Wildman–Crippen MR) is 192 cm³/mol. The first-order valence-corrected chi connectivity index (χ1v) is 16.7. The number of carbonyl (C=O) groups excluding carboxylic acids is 1. The molecule has 5 rings (SSSR count). The number of aryl methyl sites for hydroxylation is 1. The number of anilines is 1. The Labute approximate surface area is 289 Å². The zero-order chi connectivity index (χ0) is 34.5. The Kier molecular flexibility index (Phi) is 14.0. The standard InChI is InChI=1S/C37H40ClN3O5.C2H6/c1-24-13-16-33(32(39)17-24)41-36(40)35(37(42)43-2)30-18-27(14-15-31(30)38)34-20-28(45-22-26-11-7-4-8-12-26)19-29(46-34)23-44-21-25-9-5-3-6-10-25;1-2/h3-18,28-29,34-35H,19-23,39H2,1-2H3,(H2,40,41);1-2H3. The highest BCUT2D eigenvalue weighted by Crippen LogP contribution is 2.37. The molecule has 0 spiro atoms. The van der Waals surface area contributed by atoms with Crippen LogP contribution in [-0.4, -0.2) is 37.7 Å². The fourth-order valence-electron chi connectivity index (χ4n) is 5.59. The monoisotopic (exact) mass is 671 g/mol. The number of methoxy groups -OCH3 is 1. The number of hydrogen-bond acceptors (Lipinski definition) is 7. The van der Waals surface area contributed by atoms with Gasteiger partial charge in [0.15, 0.2) is 0 Å². The maximum absolute atomic E-state index is 13.1. The van der Waals surface area contributed by atoms with Crippen LogP contribution in [0, 0.1) is 6.92 Å². The molecule has 4 aromatic carbocycles. The molecule has 4 N–H and O–H groups in total. The van der Waals surface area contributed by atoms with Crippen LogP contribution in [0.5, 0.6) is 0 Å². The first-order chi connectivity index (χ1) is 23.3. The number of halogens is 1. The summed E-state index contributed by atoms with van der Waals surface area (Å²) in [7, 11) is 1.31. The van der Waals surface area contributed by atoms with Crippen molar-refractivity contribution in [1.29, 1.82) is 0 Å². The van der Waals surface area contributed by atoms with Crippen molar-refractivity contribution in [2.45, 2.75) is 71.1 Å². The van der Waals surface area contributed by atoms with Crippen LogP contribution in [0.4, 0.5) is 11.4 Å². The predicted octanol–water partition coefficient (Wildman–Crippen LogP) is 8.22. The highest BCUT2D eigenvalue weighted by molar-refractivity contribution is 6.32. The largest absolute Gasteiger partial charge is 0.468 e. The highest BCUT2D eigenvalue weighted by Gasteiger charge is 2.34. The Morgan fingerprint density at radius 2 is 1.60 bits per heavy atom. The van der Waals surface area contributed by atoms with Gasteiger partial charge in [0.1, 0.15) is 11.8 Å². The van der Waals surface area contributed by atoms with Gasteiger partial charge in [0, 0.05) is 17.9 Å². The average molecular weight is 672 g/mol. The lowest BCUT2D eigenvalue weighted by Crippen LogP contribution is -2.36. The number of amidine groups is 1. The van der Waals surface area contributed by atoms with Crippen molar-refractivity contribution in [1.82, 2.24) is 0 Å². The van der Waals surface area contributed by atoms with E-state index in [1.807, 2.05) is 99.6 Å². The average Bonchev–Trinajstić information content (AvgIpc) is 3.11. The smallest absolute Gasteiger partial charge is 0.320 e. The minimum atomic E-state index is -1.06. The number of rotatable bonds is 12. The Morgan fingerprint density at radius 3 is 2.25 bits per heavy atom. The molecule has 1 aliphatic heterocycles. The number of hydrogen-bond donors (Lipinski definition) is 2. The number of esters is 1. The third-order valence-corrected chi connectivity index (χ3v) is 8.32. The lowest BCUT2D eigenvalue weighted by atomic mass is 9.91. The molecule has 0 amide bonds. The van der Waals surface area contributed by atoms with Gasteiger partial charge in [0.05, 0.1) is 56.6 Å². The minimum absolute atomic E-state index is 0.0160. The van der Waals surface area contributed by atoms with Gasteiger partial charge in [-0.3, -0.25) is 4.79 Å². The third kappa shape index (κ3) is 10.1. The summed E-state index contributed by atoms with van der Waals surface area (Å²) in [5, 5.41) is 0.351. The molecule has 4 aromatic rings. The summed E-state index contributed by atoms with van der Waals surface area (Å²) < 4.78 is 24.2. The van der Waals surface area contributed by atoms with E-state index in [9.17, 15) is 4.79 Å². The Bertz CT molecular complexity index is 1630. The number of nitrogens with zero attached hydrogens (tertiary/aromatic N) is 1. The van der Waals surface area contributed by atoms with E-state index in [1.165, 1.54) is 7.11 Å². The van der Waals surface area contributed by atoms with E-state index in [-0.39, 0.29) is 24.1 Å². The maximum Gasteiger partial charge on any atom is 0.320 e. The van der Waals surface area contributed by atoms with Crippen molar-refractivity contribution in [3.63, 3.8) is 0 Å². The number of nitrogens with two attached hydrogens (primary N) is 2. The van der Waals surface area contributed by atoms with Gasteiger partial charge in [-0.1, -0.05) is 104 Å². The van der Waals surface area contributed by atoms with Gasteiger partial charge in [0.25, 0.3) is 0 Å². The van der Waals surface area contributed by atoms with E-state index in [1.54, 1.807) is 18.2 Å². The molecule has 9 heteroatoms. The van der Waals surface area contributed by atoms with Crippen molar-refractivity contribution in [3.05, 3.63) is 130 Å². The Hall–Kier alpha value is -4.21.